The van der Waals surface area contributed by atoms with E-state index in [0.717, 1.165) is 22.2 Å². The van der Waals surface area contributed by atoms with Crippen molar-refractivity contribution in [1.29, 1.82) is 5.26 Å². The number of nitrogens with zero attached hydrogens (tertiary/aromatic N) is 3. The van der Waals surface area contributed by atoms with E-state index in [1.807, 2.05) is 18.2 Å². The molecule has 0 radical (unpaired) electrons. The Balaban J connectivity index is 1.26. The number of methoxy groups -OCH3 is 2. The van der Waals surface area contributed by atoms with Gasteiger partial charge in [0.1, 0.15) is 22.6 Å². The summed E-state index contributed by atoms with van der Waals surface area (Å²) in [6, 6.07) is 25.1. The van der Waals surface area contributed by atoms with E-state index in [1.54, 1.807) is 49.6 Å². The van der Waals surface area contributed by atoms with Gasteiger partial charge in [0.05, 0.1) is 47.5 Å². The molecule has 1 fully saturated rings. The molecule has 0 spiro atoms. The fraction of sp³-hybridized carbons (Fsp3) is 0.152. The second-order valence-corrected chi connectivity index (χ2v) is 10.7. The summed E-state index contributed by atoms with van der Waals surface area (Å²) in [6.45, 7) is -0.485. The molecule has 4 aromatic rings. The molecule has 1 aliphatic heterocycles. The number of aromatic nitrogens is 1. The number of hydrogen-bond donors (Lipinski definition) is 0. The molecule has 1 unspecified atom stereocenters. The summed E-state index contributed by atoms with van der Waals surface area (Å²) in [6.07, 6.45) is -0.0890. The fourth-order valence-electron chi connectivity index (χ4n) is 4.57. The molecular weight excluding hydrogens is 582 g/mol. The maximum Gasteiger partial charge on any atom is 0.338 e. The lowest BCUT2D eigenvalue weighted by Gasteiger charge is -2.15. The summed E-state index contributed by atoms with van der Waals surface area (Å²) in [5.74, 6) is -1.03. The van der Waals surface area contributed by atoms with Crippen molar-refractivity contribution >= 4 is 41.0 Å². The van der Waals surface area contributed by atoms with Gasteiger partial charge in [0.25, 0.3) is 0 Å². The summed E-state index contributed by atoms with van der Waals surface area (Å²) < 4.78 is 15.6. The van der Waals surface area contributed by atoms with Crippen molar-refractivity contribution < 1.29 is 33.4 Å². The maximum absolute atomic E-state index is 13.4. The van der Waals surface area contributed by atoms with E-state index in [0.29, 0.717) is 27.8 Å². The van der Waals surface area contributed by atoms with Crippen LogP contribution in [0.4, 0.5) is 5.69 Å². The lowest BCUT2D eigenvalue weighted by Crippen LogP contribution is -2.31. The minimum atomic E-state index is -0.798. The minimum absolute atomic E-state index is 0.0890. The largest absolute Gasteiger partial charge is 0.497 e. The van der Waals surface area contributed by atoms with E-state index < -0.39 is 35.4 Å². The van der Waals surface area contributed by atoms with E-state index in [1.165, 1.54) is 31.4 Å². The van der Waals surface area contributed by atoms with Crippen molar-refractivity contribution in [2.45, 2.75) is 16.7 Å². The lowest BCUT2D eigenvalue weighted by atomic mass is 10.1. The van der Waals surface area contributed by atoms with Crippen LogP contribution in [0.5, 0.6) is 11.5 Å². The number of thioether (sulfide) groups is 1. The molecular formula is C33H25N3O7S. The van der Waals surface area contributed by atoms with E-state index in [9.17, 15) is 24.4 Å². The lowest BCUT2D eigenvalue weighted by molar-refractivity contribution is -0.121. The molecule has 5 rings (SSSR count). The Morgan fingerprint density at radius 2 is 1.75 bits per heavy atom. The number of amides is 2. The number of benzene rings is 3. The molecule has 10 nitrogen and oxygen atoms in total. The van der Waals surface area contributed by atoms with E-state index in [-0.39, 0.29) is 23.2 Å². The Hall–Kier alpha value is -5.47. The van der Waals surface area contributed by atoms with E-state index in [4.69, 9.17) is 14.2 Å². The highest BCUT2D eigenvalue weighted by Crippen LogP contribution is 2.36. The van der Waals surface area contributed by atoms with Crippen LogP contribution in [-0.4, -0.2) is 54.6 Å². The molecule has 2 amide bonds. The van der Waals surface area contributed by atoms with Crippen LogP contribution >= 0.6 is 11.8 Å². The van der Waals surface area contributed by atoms with Crippen LogP contribution in [0.1, 0.15) is 32.7 Å². The van der Waals surface area contributed by atoms with Gasteiger partial charge in [-0.3, -0.25) is 14.4 Å². The van der Waals surface area contributed by atoms with Crippen molar-refractivity contribution in [1.82, 2.24) is 4.98 Å². The van der Waals surface area contributed by atoms with Gasteiger partial charge < -0.3 is 14.2 Å². The van der Waals surface area contributed by atoms with Crippen molar-refractivity contribution in [3.8, 4) is 28.8 Å². The minimum Gasteiger partial charge on any atom is -0.497 e. The van der Waals surface area contributed by atoms with Crippen LogP contribution in [0.25, 0.3) is 11.3 Å². The molecule has 0 aliphatic carbocycles. The average molecular weight is 608 g/mol. The predicted octanol–water partition coefficient (Wildman–Crippen LogP) is 5.10. The van der Waals surface area contributed by atoms with Crippen LogP contribution in [0.2, 0.25) is 0 Å². The zero-order valence-corrected chi connectivity index (χ0v) is 24.5. The van der Waals surface area contributed by atoms with Crippen LogP contribution in [0.15, 0.2) is 90.0 Å². The molecule has 2 heterocycles. The molecule has 0 N–H and O–H groups in total. The normalized spacial score (nSPS) is 14.2. The summed E-state index contributed by atoms with van der Waals surface area (Å²) in [5.41, 5.74) is 2.36. The molecule has 11 heteroatoms. The first-order valence-electron chi connectivity index (χ1n) is 13.4. The highest BCUT2D eigenvalue weighted by molar-refractivity contribution is 8.00. The number of ketones is 1. The molecule has 220 valence electrons. The van der Waals surface area contributed by atoms with Gasteiger partial charge >= 0.3 is 5.97 Å². The smallest absolute Gasteiger partial charge is 0.338 e. The number of ether oxygens (including phenoxy) is 3. The first-order valence-corrected chi connectivity index (χ1v) is 14.2. The van der Waals surface area contributed by atoms with Crippen LogP contribution in [-0.2, 0) is 14.3 Å². The second kappa shape index (κ2) is 13.2. The summed E-state index contributed by atoms with van der Waals surface area (Å²) in [5, 5.41) is 9.19. The maximum atomic E-state index is 13.4. The average Bonchev–Trinajstić information content (AvgIpc) is 3.34. The van der Waals surface area contributed by atoms with Crippen LogP contribution in [0.3, 0.4) is 0 Å². The van der Waals surface area contributed by atoms with Gasteiger partial charge in [-0.05, 0) is 60.7 Å². The molecule has 1 aliphatic rings. The van der Waals surface area contributed by atoms with Gasteiger partial charge in [-0.2, -0.15) is 5.26 Å². The quantitative estimate of drug-likeness (QED) is 0.136. The highest BCUT2D eigenvalue weighted by Gasteiger charge is 2.41. The Morgan fingerprint density at radius 3 is 2.48 bits per heavy atom. The summed E-state index contributed by atoms with van der Waals surface area (Å²) in [7, 11) is 3.01. The molecule has 1 atom stereocenters. The summed E-state index contributed by atoms with van der Waals surface area (Å²) in [4.78, 5) is 57.1. The summed E-state index contributed by atoms with van der Waals surface area (Å²) >= 11 is 1.06. The number of esters is 1. The number of pyridine rings is 1. The SMILES string of the molecule is COc1cccc(-c2ccc(C#N)c(SC3CC(=O)N(c4ccc(C(=O)OCC(=O)c5ccccc5OC)cc4)C3=O)n2)c1. The van der Waals surface area contributed by atoms with Gasteiger partial charge in [0, 0.05) is 12.0 Å². The predicted molar refractivity (Wildman–Crippen MR) is 162 cm³/mol. The Morgan fingerprint density at radius 1 is 0.977 bits per heavy atom. The van der Waals surface area contributed by atoms with Crippen molar-refractivity contribution in [2.24, 2.45) is 0 Å². The third-order valence-corrected chi connectivity index (χ3v) is 8.00. The van der Waals surface area contributed by atoms with Gasteiger partial charge in [-0.1, -0.05) is 36.0 Å². The van der Waals surface area contributed by atoms with Crippen molar-refractivity contribution in [3.05, 3.63) is 102 Å². The first kappa shape index (κ1) is 30.0. The zero-order valence-electron chi connectivity index (χ0n) is 23.7. The number of rotatable bonds is 10. The Bertz CT molecular complexity index is 1800. The van der Waals surface area contributed by atoms with Crippen molar-refractivity contribution in [2.75, 3.05) is 25.7 Å². The second-order valence-electron chi connectivity index (χ2n) is 9.52. The molecule has 1 aromatic heterocycles. The Labute approximate surface area is 257 Å². The third-order valence-electron chi connectivity index (χ3n) is 6.81. The van der Waals surface area contributed by atoms with Gasteiger partial charge in [-0.25, -0.2) is 14.7 Å². The topological polar surface area (TPSA) is 136 Å². The van der Waals surface area contributed by atoms with Crippen molar-refractivity contribution in [3.63, 3.8) is 0 Å². The van der Waals surface area contributed by atoms with E-state index in [2.05, 4.69) is 11.1 Å². The third kappa shape index (κ3) is 6.30. The van der Waals surface area contributed by atoms with Crippen LogP contribution < -0.4 is 14.4 Å². The molecule has 0 saturated carbocycles. The number of hydrogen-bond acceptors (Lipinski definition) is 10. The number of carbonyl (C=O) groups excluding carboxylic acids is 4. The number of imide groups is 1. The van der Waals surface area contributed by atoms with Gasteiger partial charge in [0.2, 0.25) is 17.6 Å². The van der Waals surface area contributed by atoms with Crippen LogP contribution in [0, 0.1) is 11.3 Å². The fourth-order valence-corrected chi connectivity index (χ4v) is 5.67. The molecule has 1 saturated heterocycles. The number of para-hydroxylation sites is 1. The standard InChI is InChI=1S/C33H25N3O7S/c1-41-24-7-5-6-21(16-24)26-15-12-22(18-34)31(35-26)44-29-17-30(38)36(32(29)39)23-13-10-20(11-14-23)33(40)43-19-27(37)25-8-3-4-9-28(25)42-2/h3-16,29H,17,19H2,1-2H3. The zero-order chi connectivity index (χ0) is 31.2. The number of Topliss-reactive ketones (excluding diaryl/α,β-unsaturated/α-hetero) is 1. The Kier molecular flexibility index (Phi) is 9.02. The first-order chi connectivity index (χ1) is 21.3. The molecule has 0 bridgehead atoms. The monoisotopic (exact) mass is 607 g/mol. The molecule has 44 heavy (non-hydrogen) atoms. The number of anilines is 1. The highest BCUT2D eigenvalue weighted by atomic mass is 32.2. The number of carbonyl (C=O) groups is 4. The molecule has 3 aromatic carbocycles. The van der Waals surface area contributed by atoms with Gasteiger partial charge in [0.15, 0.2) is 6.61 Å². The van der Waals surface area contributed by atoms with E-state index >= 15 is 0 Å². The number of nitriles is 1. The van der Waals surface area contributed by atoms with Gasteiger partial charge in [-0.15, -0.1) is 0 Å².